The summed E-state index contributed by atoms with van der Waals surface area (Å²) in [4.78, 5) is 4.88. The van der Waals surface area contributed by atoms with Crippen molar-refractivity contribution in [2.45, 2.75) is 41.5 Å². The van der Waals surface area contributed by atoms with Gasteiger partial charge in [-0.2, -0.15) is 4.57 Å². The molecular weight excluding hydrogens is 308 g/mol. The molecule has 0 amide bonds. The van der Waals surface area contributed by atoms with Crippen LogP contribution in [0.25, 0.3) is 22.4 Å². The highest BCUT2D eigenvalue weighted by Crippen LogP contribution is 2.27. The summed E-state index contributed by atoms with van der Waals surface area (Å²) in [5.41, 5.74) is 10.2. The number of aryl methyl sites for hydroxylation is 3. The number of nitrogens with zero attached hydrogens (tertiary/aromatic N) is 4. The Labute approximate surface area is 147 Å². The first-order valence-electron chi connectivity index (χ1n) is 8.65. The van der Waals surface area contributed by atoms with Crippen LogP contribution < -0.4 is 4.57 Å². The molecule has 1 aromatic carbocycles. The van der Waals surface area contributed by atoms with Crippen molar-refractivity contribution in [2.24, 2.45) is 0 Å². The average molecular weight is 331 g/mol. The Morgan fingerprint density at radius 3 is 2.20 bits per heavy atom. The van der Waals surface area contributed by atoms with Crippen LogP contribution in [0.3, 0.4) is 0 Å². The SMILES string of the molecule is Cc1nc2c3c(C)c(C)c(C)[n+](-c4ccccc4)c3nn2c(C)c1C. The molecule has 4 heteroatoms. The van der Waals surface area contributed by atoms with Crippen molar-refractivity contribution in [3.05, 3.63) is 64.1 Å². The first-order valence-corrected chi connectivity index (χ1v) is 8.65. The van der Waals surface area contributed by atoms with E-state index in [2.05, 4.69) is 70.4 Å². The van der Waals surface area contributed by atoms with Gasteiger partial charge in [0.25, 0.3) is 0 Å². The van der Waals surface area contributed by atoms with Gasteiger partial charge in [-0.25, -0.2) is 4.98 Å². The largest absolute Gasteiger partial charge is 0.365 e. The van der Waals surface area contributed by atoms with Crippen molar-refractivity contribution in [2.75, 3.05) is 0 Å². The van der Waals surface area contributed by atoms with E-state index >= 15 is 0 Å². The monoisotopic (exact) mass is 331 g/mol. The lowest BCUT2D eigenvalue weighted by Crippen LogP contribution is -2.36. The maximum absolute atomic E-state index is 4.97. The van der Waals surface area contributed by atoms with Gasteiger partial charge in [0.2, 0.25) is 0 Å². The van der Waals surface area contributed by atoms with E-state index in [-0.39, 0.29) is 0 Å². The Morgan fingerprint density at radius 1 is 0.840 bits per heavy atom. The quantitative estimate of drug-likeness (QED) is 0.494. The summed E-state index contributed by atoms with van der Waals surface area (Å²) < 4.78 is 4.24. The number of fused-ring (bicyclic) bond motifs is 3. The second-order valence-electron chi connectivity index (χ2n) is 6.85. The van der Waals surface area contributed by atoms with E-state index in [0.717, 1.165) is 33.8 Å². The van der Waals surface area contributed by atoms with Crippen molar-refractivity contribution >= 4 is 16.7 Å². The predicted molar refractivity (Wildman–Crippen MR) is 100 cm³/mol. The Bertz CT molecular complexity index is 1140. The molecule has 0 spiro atoms. The van der Waals surface area contributed by atoms with Crippen LogP contribution in [0.1, 0.15) is 33.8 Å². The van der Waals surface area contributed by atoms with Crippen molar-refractivity contribution in [1.29, 1.82) is 0 Å². The minimum atomic E-state index is 0.945. The van der Waals surface area contributed by atoms with Gasteiger partial charge in [-0.05, 0) is 70.4 Å². The number of aromatic nitrogens is 4. The lowest BCUT2D eigenvalue weighted by atomic mass is 10.0. The van der Waals surface area contributed by atoms with Gasteiger partial charge in [-0.15, -0.1) is 4.52 Å². The number of benzene rings is 1. The number of hydrogen-bond acceptors (Lipinski definition) is 2. The Hall–Kier alpha value is -2.75. The molecule has 25 heavy (non-hydrogen) atoms. The summed E-state index contributed by atoms with van der Waals surface area (Å²) in [7, 11) is 0. The van der Waals surface area contributed by atoms with Gasteiger partial charge in [-0.3, -0.25) is 0 Å². The molecule has 0 aliphatic rings. The molecule has 0 aliphatic heterocycles. The summed E-state index contributed by atoms with van der Waals surface area (Å²) >= 11 is 0. The summed E-state index contributed by atoms with van der Waals surface area (Å²) in [5.74, 6) is 0. The van der Waals surface area contributed by atoms with Crippen molar-refractivity contribution in [1.82, 2.24) is 14.6 Å². The highest BCUT2D eigenvalue weighted by Gasteiger charge is 2.27. The molecule has 0 N–H and O–H groups in total. The van der Waals surface area contributed by atoms with E-state index in [4.69, 9.17) is 10.1 Å². The third kappa shape index (κ3) is 2.10. The zero-order valence-electron chi connectivity index (χ0n) is 15.7. The zero-order valence-corrected chi connectivity index (χ0v) is 15.7. The number of para-hydroxylation sites is 1. The molecule has 3 aromatic heterocycles. The molecule has 0 aliphatic carbocycles. The Kier molecular flexibility index (Phi) is 3.39. The van der Waals surface area contributed by atoms with Gasteiger partial charge in [0.05, 0.1) is 10.8 Å². The predicted octanol–water partition coefficient (Wildman–Crippen LogP) is 4.01. The standard InChI is InChI=1S/C21H23N4/c1-12-13(2)19-20-22-15(4)14(3)17(6)25(20)23-21(19)24(16(12)5)18-10-8-7-9-11-18/h7-11H,1-6H3/q+1. The second kappa shape index (κ2) is 5.38. The summed E-state index contributed by atoms with van der Waals surface area (Å²) in [6.45, 7) is 12.8. The summed E-state index contributed by atoms with van der Waals surface area (Å²) in [5, 5.41) is 6.11. The van der Waals surface area contributed by atoms with Crippen molar-refractivity contribution in [3.63, 3.8) is 0 Å². The topological polar surface area (TPSA) is 34.1 Å². The molecular formula is C21H23N4+. The molecule has 4 aromatic rings. The van der Waals surface area contributed by atoms with Crippen LogP contribution >= 0.6 is 0 Å². The van der Waals surface area contributed by atoms with Crippen LogP contribution in [0.15, 0.2) is 30.3 Å². The Morgan fingerprint density at radius 2 is 1.52 bits per heavy atom. The van der Waals surface area contributed by atoms with E-state index in [1.54, 1.807) is 0 Å². The van der Waals surface area contributed by atoms with Crippen LogP contribution in [0.2, 0.25) is 0 Å². The fourth-order valence-electron chi connectivity index (χ4n) is 3.57. The normalized spacial score (nSPS) is 11.6. The van der Waals surface area contributed by atoms with Crippen LogP contribution in [0, 0.1) is 41.5 Å². The lowest BCUT2D eigenvalue weighted by Gasteiger charge is -2.09. The summed E-state index contributed by atoms with van der Waals surface area (Å²) in [6.07, 6.45) is 0. The van der Waals surface area contributed by atoms with E-state index in [0.29, 0.717) is 0 Å². The molecule has 0 unspecified atom stereocenters. The van der Waals surface area contributed by atoms with Gasteiger partial charge in [-0.1, -0.05) is 18.2 Å². The molecule has 0 radical (unpaired) electrons. The molecule has 0 saturated heterocycles. The minimum absolute atomic E-state index is 0.945. The number of rotatable bonds is 1. The average Bonchev–Trinajstić information content (AvgIpc) is 2.98. The van der Waals surface area contributed by atoms with Crippen LogP contribution in [0.4, 0.5) is 0 Å². The number of pyridine rings is 1. The highest BCUT2D eigenvalue weighted by atomic mass is 15.3. The second-order valence-corrected chi connectivity index (χ2v) is 6.85. The van der Waals surface area contributed by atoms with Gasteiger partial charge in [0.1, 0.15) is 16.8 Å². The maximum Gasteiger partial charge on any atom is 0.365 e. The van der Waals surface area contributed by atoms with E-state index < -0.39 is 0 Å². The van der Waals surface area contributed by atoms with E-state index in [9.17, 15) is 0 Å². The first-order chi connectivity index (χ1) is 11.9. The molecule has 0 saturated carbocycles. The van der Waals surface area contributed by atoms with E-state index in [1.165, 1.54) is 22.4 Å². The van der Waals surface area contributed by atoms with Crippen molar-refractivity contribution in [3.8, 4) is 5.69 Å². The molecule has 0 fully saturated rings. The third-order valence-corrected chi connectivity index (χ3v) is 5.56. The van der Waals surface area contributed by atoms with Crippen LogP contribution in [-0.2, 0) is 0 Å². The van der Waals surface area contributed by atoms with Gasteiger partial charge < -0.3 is 0 Å². The lowest BCUT2D eigenvalue weighted by molar-refractivity contribution is -0.577. The highest BCUT2D eigenvalue weighted by molar-refractivity contribution is 5.92. The molecule has 4 rings (SSSR count). The van der Waals surface area contributed by atoms with E-state index in [1.807, 2.05) is 10.6 Å². The Balaban J connectivity index is 2.28. The smallest absolute Gasteiger partial charge is 0.231 e. The summed E-state index contributed by atoms with van der Waals surface area (Å²) in [6, 6.07) is 10.4. The van der Waals surface area contributed by atoms with Gasteiger partial charge in [0, 0.05) is 5.69 Å². The molecule has 126 valence electrons. The molecule has 0 bridgehead atoms. The van der Waals surface area contributed by atoms with Gasteiger partial charge >= 0.3 is 5.65 Å². The molecule has 4 nitrogen and oxygen atoms in total. The van der Waals surface area contributed by atoms with Crippen molar-refractivity contribution < 1.29 is 4.57 Å². The first kappa shape index (κ1) is 15.8. The minimum Gasteiger partial charge on any atom is -0.231 e. The van der Waals surface area contributed by atoms with Crippen LogP contribution in [-0.4, -0.2) is 14.6 Å². The molecule has 0 atom stereocenters. The number of hydrogen-bond donors (Lipinski definition) is 0. The fraction of sp³-hybridized carbons (Fsp3) is 0.286. The van der Waals surface area contributed by atoms with Gasteiger partial charge in [0.15, 0.2) is 5.65 Å². The zero-order chi connectivity index (χ0) is 17.9. The van der Waals surface area contributed by atoms with Crippen LogP contribution in [0.5, 0.6) is 0 Å². The fourth-order valence-corrected chi connectivity index (χ4v) is 3.57. The maximum atomic E-state index is 4.97. The molecule has 3 heterocycles. The third-order valence-electron chi connectivity index (χ3n) is 5.56.